The Hall–Kier alpha value is -2.70. The van der Waals surface area contributed by atoms with Crippen molar-refractivity contribution < 1.29 is 14.7 Å². The number of aromatic carboxylic acids is 1. The van der Waals surface area contributed by atoms with Crippen LogP contribution in [0, 0.1) is 0 Å². The first-order valence-corrected chi connectivity index (χ1v) is 5.51. The zero-order valence-electron chi connectivity index (χ0n) is 10.2. The fourth-order valence-corrected chi connectivity index (χ4v) is 1.67. The number of carbonyl (C=O) groups is 2. The molecule has 1 aromatic carbocycles. The zero-order valence-corrected chi connectivity index (χ0v) is 10.2. The number of aromatic amines is 1. The smallest absolute Gasteiger partial charge is 0.336 e. The van der Waals surface area contributed by atoms with Gasteiger partial charge in [-0.2, -0.15) is 5.10 Å². The molecule has 1 amide bonds. The van der Waals surface area contributed by atoms with Crippen molar-refractivity contribution in [2.45, 2.75) is 6.54 Å². The summed E-state index contributed by atoms with van der Waals surface area (Å²) in [7, 11) is 1.57. The van der Waals surface area contributed by atoms with Crippen molar-refractivity contribution in [2.75, 3.05) is 7.05 Å². The number of benzene rings is 1. The lowest BCUT2D eigenvalue weighted by Crippen LogP contribution is -2.28. The van der Waals surface area contributed by atoms with E-state index in [4.69, 9.17) is 5.11 Å². The Bertz CT molecular complexity index is 595. The minimum absolute atomic E-state index is 0.0167. The van der Waals surface area contributed by atoms with Gasteiger partial charge in [0.05, 0.1) is 17.7 Å². The summed E-state index contributed by atoms with van der Waals surface area (Å²) >= 11 is 0. The molecule has 1 heterocycles. The summed E-state index contributed by atoms with van der Waals surface area (Å²) < 4.78 is 0. The second kappa shape index (κ2) is 5.30. The van der Waals surface area contributed by atoms with Crippen LogP contribution in [0.1, 0.15) is 26.5 Å². The Kier molecular flexibility index (Phi) is 3.56. The molecule has 0 radical (unpaired) electrons. The molecule has 7 heteroatoms. The Labute approximate surface area is 108 Å². The average molecular weight is 260 g/mol. The second-order valence-corrected chi connectivity index (χ2v) is 3.94. The lowest BCUT2D eigenvalue weighted by Gasteiger charge is -2.16. The van der Waals surface area contributed by atoms with Gasteiger partial charge in [-0.15, -0.1) is 0 Å². The molecule has 0 aliphatic carbocycles. The molecule has 0 fully saturated rings. The molecule has 2 N–H and O–H groups in total. The third-order valence-corrected chi connectivity index (χ3v) is 2.59. The summed E-state index contributed by atoms with van der Waals surface area (Å²) in [6.07, 6.45) is 1.35. The van der Waals surface area contributed by atoms with Crippen LogP contribution in [-0.2, 0) is 6.54 Å². The van der Waals surface area contributed by atoms with E-state index in [1.165, 1.54) is 23.4 Å². The fraction of sp³-hybridized carbons (Fsp3) is 0.167. The van der Waals surface area contributed by atoms with Crippen LogP contribution in [0.15, 0.2) is 30.6 Å². The van der Waals surface area contributed by atoms with Crippen molar-refractivity contribution in [1.29, 1.82) is 0 Å². The van der Waals surface area contributed by atoms with E-state index in [-0.39, 0.29) is 23.6 Å². The van der Waals surface area contributed by atoms with Crippen LogP contribution in [0.25, 0.3) is 0 Å². The van der Waals surface area contributed by atoms with Crippen LogP contribution in [0.4, 0.5) is 0 Å². The number of nitrogens with one attached hydrogen (secondary N) is 1. The second-order valence-electron chi connectivity index (χ2n) is 3.94. The van der Waals surface area contributed by atoms with Gasteiger partial charge in [0, 0.05) is 7.05 Å². The number of carbonyl (C=O) groups excluding carboxylic acids is 1. The highest BCUT2D eigenvalue weighted by atomic mass is 16.4. The van der Waals surface area contributed by atoms with E-state index in [1.54, 1.807) is 19.2 Å². The van der Waals surface area contributed by atoms with E-state index in [1.807, 2.05) is 0 Å². The number of hydrogen-bond donors (Lipinski definition) is 2. The summed E-state index contributed by atoms with van der Waals surface area (Å²) in [5, 5.41) is 15.4. The number of amides is 1. The van der Waals surface area contributed by atoms with Crippen molar-refractivity contribution in [3.05, 3.63) is 47.5 Å². The summed E-state index contributed by atoms with van der Waals surface area (Å²) in [6.45, 7) is 0.229. The van der Waals surface area contributed by atoms with E-state index in [0.717, 1.165) is 0 Å². The number of carboxylic acids is 1. The highest BCUT2D eigenvalue weighted by Gasteiger charge is 2.19. The molecule has 19 heavy (non-hydrogen) atoms. The average Bonchev–Trinajstić information content (AvgIpc) is 2.90. The molecule has 2 aromatic rings. The van der Waals surface area contributed by atoms with E-state index in [0.29, 0.717) is 5.82 Å². The minimum atomic E-state index is -1.13. The molecule has 0 saturated carbocycles. The van der Waals surface area contributed by atoms with Gasteiger partial charge in [-0.3, -0.25) is 9.89 Å². The van der Waals surface area contributed by atoms with Gasteiger partial charge in [0.2, 0.25) is 0 Å². The number of hydrogen-bond acceptors (Lipinski definition) is 4. The third-order valence-electron chi connectivity index (χ3n) is 2.59. The fourth-order valence-electron chi connectivity index (χ4n) is 1.67. The molecule has 98 valence electrons. The lowest BCUT2D eigenvalue weighted by atomic mass is 10.1. The van der Waals surface area contributed by atoms with Crippen LogP contribution in [0.2, 0.25) is 0 Å². The number of carboxylic acid groups (broad SMARTS) is 1. The maximum absolute atomic E-state index is 12.2. The van der Waals surface area contributed by atoms with Gasteiger partial charge in [0.25, 0.3) is 5.91 Å². The van der Waals surface area contributed by atoms with Crippen LogP contribution < -0.4 is 0 Å². The first kappa shape index (κ1) is 12.7. The molecular weight excluding hydrogens is 248 g/mol. The zero-order chi connectivity index (χ0) is 13.8. The van der Waals surface area contributed by atoms with Crippen molar-refractivity contribution in [1.82, 2.24) is 20.1 Å². The number of aromatic nitrogens is 3. The summed E-state index contributed by atoms with van der Waals surface area (Å²) in [5.41, 5.74) is 0.133. The molecule has 1 aromatic heterocycles. The molecule has 0 unspecified atom stereocenters. The number of nitrogens with zero attached hydrogens (tertiary/aromatic N) is 3. The molecule has 0 aliphatic rings. The van der Waals surface area contributed by atoms with E-state index in [2.05, 4.69) is 15.2 Å². The maximum atomic E-state index is 12.2. The Morgan fingerprint density at radius 2 is 2.00 bits per heavy atom. The number of H-pyrrole nitrogens is 1. The molecule has 0 saturated heterocycles. The van der Waals surface area contributed by atoms with Gasteiger partial charge < -0.3 is 10.0 Å². The van der Waals surface area contributed by atoms with E-state index in [9.17, 15) is 9.59 Å². The Morgan fingerprint density at radius 3 is 2.58 bits per heavy atom. The molecule has 0 atom stereocenters. The van der Waals surface area contributed by atoms with Crippen molar-refractivity contribution in [3.63, 3.8) is 0 Å². The van der Waals surface area contributed by atoms with Crippen LogP contribution in [0.5, 0.6) is 0 Å². The predicted octanol–water partition coefficient (Wildman–Crippen LogP) is 0.775. The van der Waals surface area contributed by atoms with Gasteiger partial charge in [-0.25, -0.2) is 9.78 Å². The summed E-state index contributed by atoms with van der Waals surface area (Å²) in [6, 6.07) is 6.10. The van der Waals surface area contributed by atoms with E-state index >= 15 is 0 Å². The molecule has 2 rings (SSSR count). The quantitative estimate of drug-likeness (QED) is 0.846. The Morgan fingerprint density at radius 1 is 1.32 bits per heavy atom. The normalized spacial score (nSPS) is 10.2. The minimum Gasteiger partial charge on any atom is -0.478 e. The largest absolute Gasteiger partial charge is 0.478 e. The molecule has 0 spiro atoms. The SMILES string of the molecule is CN(Cc1ncn[nH]1)C(=O)c1ccccc1C(=O)O. The highest BCUT2D eigenvalue weighted by molar-refractivity contribution is 6.04. The topological polar surface area (TPSA) is 99.2 Å². The molecule has 0 aliphatic heterocycles. The highest BCUT2D eigenvalue weighted by Crippen LogP contribution is 2.12. The summed E-state index contributed by atoms with van der Waals surface area (Å²) in [5.74, 6) is -0.977. The van der Waals surface area contributed by atoms with Crippen molar-refractivity contribution >= 4 is 11.9 Å². The molecule has 0 bridgehead atoms. The van der Waals surface area contributed by atoms with Crippen LogP contribution in [0.3, 0.4) is 0 Å². The van der Waals surface area contributed by atoms with Crippen LogP contribution in [-0.4, -0.2) is 44.1 Å². The first-order valence-electron chi connectivity index (χ1n) is 5.51. The van der Waals surface area contributed by atoms with Crippen LogP contribution >= 0.6 is 0 Å². The molecular formula is C12H12N4O3. The first-order chi connectivity index (χ1) is 9.09. The van der Waals surface area contributed by atoms with Gasteiger partial charge in [-0.1, -0.05) is 12.1 Å². The monoisotopic (exact) mass is 260 g/mol. The summed E-state index contributed by atoms with van der Waals surface area (Å²) in [4.78, 5) is 28.6. The lowest BCUT2D eigenvalue weighted by molar-refractivity contribution is 0.0680. The van der Waals surface area contributed by atoms with Crippen molar-refractivity contribution in [3.8, 4) is 0 Å². The predicted molar refractivity (Wildman–Crippen MR) is 65.6 cm³/mol. The number of rotatable bonds is 4. The van der Waals surface area contributed by atoms with Crippen molar-refractivity contribution in [2.24, 2.45) is 0 Å². The standard InChI is InChI=1S/C12H12N4O3/c1-16(6-10-13-7-14-15-10)11(17)8-4-2-3-5-9(8)12(18)19/h2-5,7H,6H2,1H3,(H,18,19)(H,13,14,15). The third kappa shape index (κ3) is 2.76. The van der Waals surface area contributed by atoms with Gasteiger partial charge >= 0.3 is 5.97 Å². The Balaban J connectivity index is 2.22. The van der Waals surface area contributed by atoms with Gasteiger partial charge in [0.15, 0.2) is 0 Å². The van der Waals surface area contributed by atoms with Gasteiger partial charge in [-0.05, 0) is 12.1 Å². The molecule has 7 nitrogen and oxygen atoms in total. The maximum Gasteiger partial charge on any atom is 0.336 e. The van der Waals surface area contributed by atoms with Gasteiger partial charge in [0.1, 0.15) is 12.2 Å². The van der Waals surface area contributed by atoms with E-state index < -0.39 is 5.97 Å².